The Hall–Kier alpha value is -2.11. The van der Waals surface area contributed by atoms with E-state index in [4.69, 9.17) is 5.73 Å². The molecule has 1 rings (SSSR count). The summed E-state index contributed by atoms with van der Waals surface area (Å²) in [5.74, 6) is -0.229. The first-order chi connectivity index (χ1) is 8.58. The fraction of sp³-hybridized carbons (Fsp3) is 0.417. The molecular formula is C12H15N3O3. The van der Waals surface area contributed by atoms with E-state index in [1.54, 1.807) is 0 Å². The summed E-state index contributed by atoms with van der Waals surface area (Å²) in [5.41, 5.74) is 5.46. The molecule has 0 spiro atoms. The maximum absolute atomic E-state index is 12.1. The van der Waals surface area contributed by atoms with Gasteiger partial charge >= 0.3 is 0 Å². The fourth-order valence-corrected chi connectivity index (χ4v) is 1.85. The summed E-state index contributed by atoms with van der Waals surface area (Å²) in [4.78, 5) is 33.2. The number of rotatable bonds is 6. The van der Waals surface area contributed by atoms with E-state index in [0.717, 1.165) is 0 Å². The molecule has 1 aromatic carbocycles. The molecule has 0 aliphatic rings. The molecule has 0 aliphatic carbocycles. The number of Topliss-reactive ketones (excluding diaryl/α,β-unsaturated/α-hetero) is 1. The number of hydrogen-bond donors (Lipinski definition) is 1. The van der Waals surface area contributed by atoms with Crippen LogP contribution < -0.4 is 5.73 Å². The van der Waals surface area contributed by atoms with Gasteiger partial charge in [-0.25, -0.2) is 0 Å². The number of nitrogens with two attached hydrogens (primary N) is 1. The largest absolute Gasteiger partial charge is 0.397 e. The molecule has 0 saturated carbocycles. The summed E-state index contributed by atoms with van der Waals surface area (Å²) in [7, 11) is 0. The molecule has 0 atom stereocenters. The van der Waals surface area contributed by atoms with Gasteiger partial charge in [-0.3, -0.25) is 4.79 Å². The molecule has 6 heteroatoms. The van der Waals surface area contributed by atoms with Crippen LogP contribution in [0.2, 0.25) is 0 Å². The lowest BCUT2D eigenvalue weighted by Crippen LogP contribution is -2.13. The zero-order chi connectivity index (χ0) is 13.7. The lowest BCUT2D eigenvalue weighted by atomic mass is 9.92. The van der Waals surface area contributed by atoms with E-state index in [0.29, 0.717) is 18.4 Å². The molecule has 0 heterocycles. The maximum atomic E-state index is 12.1. The van der Waals surface area contributed by atoms with Crippen LogP contribution in [0.3, 0.4) is 0 Å². The second-order valence-electron chi connectivity index (χ2n) is 3.99. The highest BCUT2D eigenvalue weighted by atomic mass is 16.3. The highest BCUT2D eigenvalue weighted by Gasteiger charge is 2.20. The van der Waals surface area contributed by atoms with Crippen molar-refractivity contribution in [1.29, 1.82) is 0 Å². The fourth-order valence-electron chi connectivity index (χ4n) is 1.85. The SMILES string of the molecule is CCC(CC)C(=O)c1cc(N)c(N=O)c(N=O)c1. The number of carbonyl (C=O) groups is 1. The van der Waals surface area contributed by atoms with Crippen LogP contribution in [0.5, 0.6) is 0 Å². The standard InChI is InChI=1S/C12H15N3O3/c1-3-7(4-2)12(16)8-5-9(13)11(15-18)10(6-8)14-17/h5-7H,3-4,13H2,1-2H3. The second kappa shape index (κ2) is 6.00. The van der Waals surface area contributed by atoms with Crippen molar-refractivity contribution in [2.75, 3.05) is 5.73 Å². The number of nitroso groups, excluding NO2 is 2. The molecule has 96 valence electrons. The first-order valence-corrected chi connectivity index (χ1v) is 5.73. The number of nitrogens with zero attached hydrogens (tertiary/aromatic N) is 2. The minimum atomic E-state index is -0.217. The van der Waals surface area contributed by atoms with Crippen molar-refractivity contribution in [1.82, 2.24) is 0 Å². The Morgan fingerprint density at radius 2 is 1.83 bits per heavy atom. The lowest BCUT2D eigenvalue weighted by Gasteiger charge is -2.12. The van der Waals surface area contributed by atoms with E-state index in [-0.39, 0.29) is 28.8 Å². The minimum absolute atomic E-state index is 0.00333. The van der Waals surface area contributed by atoms with Gasteiger partial charge in [0.25, 0.3) is 0 Å². The van der Waals surface area contributed by atoms with Crippen molar-refractivity contribution in [3.05, 3.63) is 27.5 Å². The highest BCUT2D eigenvalue weighted by Crippen LogP contribution is 2.36. The summed E-state index contributed by atoms with van der Waals surface area (Å²) < 4.78 is 0. The van der Waals surface area contributed by atoms with E-state index >= 15 is 0 Å². The van der Waals surface area contributed by atoms with E-state index < -0.39 is 0 Å². The molecule has 0 radical (unpaired) electrons. The van der Waals surface area contributed by atoms with E-state index in [2.05, 4.69) is 10.4 Å². The molecule has 2 N–H and O–H groups in total. The van der Waals surface area contributed by atoms with Gasteiger partial charge in [0.1, 0.15) is 5.69 Å². The lowest BCUT2D eigenvalue weighted by molar-refractivity contribution is 0.0913. The Kier molecular flexibility index (Phi) is 4.65. The number of benzene rings is 1. The van der Waals surface area contributed by atoms with Crippen LogP contribution in [0.4, 0.5) is 17.1 Å². The Balaban J connectivity index is 3.27. The third kappa shape index (κ3) is 2.58. The Bertz CT molecular complexity index is 482. The first-order valence-electron chi connectivity index (χ1n) is 5.73. The van der Waals surface area contributed by atoms with Crippen LogP contribution in [-0.4, -0.2) is 5.78 Å². The van der Waals surface area contributed by atoms with Crippen molar-refractivity contribution in [2.24, 2.45) is 16.3 Å². The van der Waals surface area contributed by atoms with E-state index in [1.165, 1.54) is 12.1 Å². The van der Waals surface area contributed by atoms with Gasteiger partial charge in [-0.1, -0.05) is 13.8 Å². The molecule has 0 aliphatic heterocycles. The molecule has 0 aromatic heterocycles. The zero-order valence-electron chi connectivity index (χ0n) is 10.3. The zero-order valence-corrected chi connectivity index (χ0v) is 10.3. The molecule has 0 amide bonds. The first kappa shape index (κ1) is 14.0. The van der Waals surface area contributed by atoms with Crippen molar-refractivity contribution >= 4 is 22.8 Å². The number of ketones is 1. The summed E-state index contributed by atoms with van der Waals surface area (Å²) in [6.07, 6.45) is 1.40. The van der Waals surface area contributed by atoms with Gasteiger partial charge in [0.05, 0.1) is 5.69 Å². The molecule has 18 heavy (non-hydrogen) atoms. The Morgan fingerprint density at radius 3 is 2.28 bits per heavy atom. The third-order valence-corrected chi connectivity index (χ3v) is 2.95. The van der Waals surface area contributed by atoms with Gasteiger partial charge < -0.3 is 5.73 Å². The van der Waals surface area contributed by atoms with Gasteiger partial charge in [-0.05, 0) is 35.3 Å². The molecule has 0 unspecified atom stereocenters. The number of hydrogen-bond acceptors (Lipinski definition) is 6. The van der Waals surface area contributed by atoms with Crippen molar-refractivity contribution in [3.8, 4) is 0 Å². The van der Waals surface area contributed by atoms with Gasteiger partial charge in [-0.2, -0.15) is 0 Å². The monoisotopic (exact) mass is 249 g/mol. The summed E-state index contributed by atoms with van der Waals surface area (Å²) in [5, 5.41) is 5.33. The van der Waals surface area contributed by atoms with Crippen LogP contribution in [0, 0.1) is 15.7 Å². The van der Waals surface area contributed by atoms with Crippen LogP contribution in [0.15, 0.2) is 22.5 Å². The Labute approximate surface area is 105 Å². The topological polar surface area (TPSA) is 102 Å². The van der Waals surface area contributed by atoms with E-state index in [9.17, 15) is 14.6 Å². The van der Waals surface area contributed by atoms with Gasteiger partial charge in [0, 0.05) is 11.5 Å². The molecular weight excluding hydrogens is 234 g/mol. The molecule has 1 aromatic rings. The van der Waals surface area contributed by atoms with Gasteiger partial charge in [0.15, 0.2) is 11.5 Å². The average molecular weight is 249 g/mol. The van der Waals surface area contributed by atoms with Crippen LogP contribution in [0.25, 0.3) is 0 Å². The predicted molar refractivity (Wildman–Crippen MR) is 70.2 cm³/mol. The predicted octanol–water partition coefficient (Wildman–Crippen LogP) is 3.68. The van der Waals surface area contributed by atoms with Crippen molar-refractivity contribution < 1.29 is 4.79 Å². The minimum Gasteiger partial charge on any atom is -0.397 e. The van der Waals surface area contributed by atoms with E-state index in [1.807, 2.05) is 13.8 Å². The van der Waals surface area contributed by atoms with Crippen molar-refractivity contribution in [2.45, 2.75) is 26.7 Å². The normalized spacial score (nSPS) is 10.4. The van der Waals surface area contributed by atoms with Crippen LogP contribution in [0.1, 0.15) is 37.0 Å². The second-order valence-corrected chi connectivity index (χ2v) is 3.99. The summed E-state index contributed by atoms with van der Waals surface area (Å²) in [6.45, 7) is 3.82. The molecule has 6 nitrogen and oxygen atoms in total. The van der Waals surface area contributed by atoms with Crippen molar-refractivity contribution in [3.63, 3.8) is 0 Å². The quantitative estimate of drug-likeness (QED) is 0.471. The molecule has 0 saturated heterocycles. The number of nitrogen functional groups attached to an aromatic ring is 1. The van der Waals surface area contributed by atoms with Gasteiger partial charge in [0.2, 0.25) is 0 Å². The number of anilines is 1. The van der Waals surface area contributed by atoms with Crippen LogP contribution in [-0.2, 0) is 0 Å². The molecule has 0 fully saturated rings. The average Bonchev–Trinajstić information content (AvgIpc) is 2.38. The summed E-state index contributed by atoms with van der Waals surface area (Å²) in [6, 6.07) is 2.63. The number of carbonyl (C=O) groups excluding carboxylic acids is 1. The summed E-state index contributed by atoms with van der Waals surface area (Å²) >= 11 is 0. The van der Waals surface area contributed by atoms with Crippen LogP contribution >= 0.6 is 0 Å². The smallest absolute Gasteiger partial charge is 0.166 e. The maximum Gasteiger partial charge on any atom is 0.166 e. The Morgan fingerprint density at radius 1 is 1.22 bits per heavy atom. The van der Waals surface area contributed by atoms with Gasteiger partial charge in [-0.15, -0.1) is 9.81 Å². The molecule has 0 bridgehead atoms. The highest BCUT2D eigenvalue weighted by molar-refractivity contribution is 6.01. The third-order valence-electron chi connectivity index (χ3n) is 2.95.